The molecule has 0 amide bonds. The van der Waals surface area contributed by atoms with Crippen LogP contribution in [0.4, 0.5) is 62.6 Å². The predicted octanol–water partition coefficient (Wildman–Crippen LogP) is 10.8. The van der Waals surface area contributed by atoms with Crippen molar-refractivity contribution in [3.63, 3.8) is 0 Å². The molecule has 0 fully saturated rings. The molecule has 0 saturated heterocycles. The molecule has 0 saturated carbocycles. The summed E-state index contributed by atoms with van der Waals surface area (Å²) in [7, 11) is 0. The largest absolute Gasteiger partial charge is 0.352 e. The van der Waals surface area contributed by atoms with Gasteiger partial charge in [-0.25, -0.2) is 4.85 Å². The van der Waals surface area contributed by atoms with Gasteiger partial charge < -0.3 is 20.4 Å². The summed E-state index contributed by atoms with van der Waals surface area (Å²) in [5.41, 5.74) is 12.3. The van der Waals surface area contributed by atoms with Gasteiger partial charge in [0.15, 0.2) is 5.69 Å². The second-order valence-corrected chi connectivity index (χ2v) is 10.6. The van der Waals surface area contributed by atoms with E-state index in [1.807, 2.05) is 84.9 Å². The zero-order valence-corrected chi connectivity index (χ0v) is 23.5. The van der Waals surface area contributed by atoms with Crippen LogP contribution in [0.5, 0.6) is 0 Å². The first-order chi connectivity index (χ1) is 21.7. The lowest BCUT2D eigenvalue weighted by Crippen LogP contribution is -2.18. The molecule has 44 heavy (non-hydrogen) atoms. The molecule has 8 rings (SSSR count). The number of nitriles is 1. The third kappa shape index (κ3) is 3.94. The van der Waals surface area contributed by atoms with Gasteiger partial charge in [-0.3, -0.25) is 0 Å². The van der Waals surface area contributed by atoms with E-state index >= 15 is 0 Å². The minimum Gasteiger partial charge on any atom is -0.352 e. The Morgan fingerprint density at radius 2 is 0.932 bits per heavy atom. The fourth-order valence-electron chi connectivity index (χ4n) is 6.17. The average molecular weight is 565 g/mol. The highest BCUT2D eigenvalue weighted by Crippen LogP contribution is 2.51. The van der Waals surface area contributed by atoms with Crippen LogP contribution < -0.4 is 20.4 Å². The lowest BCUT2D eigenvalue weighted by atomic mass is 9.96. The molecule has 2 aliphatic rings. The van der Waals surface area contributed by atoms with Crippen LogP contribution in [0.25, 0.3) is 16.0 Å². The normalized spacial score (nSPS) is 12.3. The maximum Gasteiger partial charge on any atom is 0.195 e. The fourth-order valence-corrected chi connectivity index (χ4v) is 6.17. The minimum absolute atomic E-state index is 0.486. The van der Waals surface area contributed by atoms with Crippen LogP contribution in [0, 0.1) is 17.9 Å². The molecule has 206 valence electrons. The van der Waals surface area contributed by atoms with E-state index in [0.29, 0.717) is 22.4 Å². The van der Waals surface area contributed by atoms with Crippen molar-refractivity contribution >= 4 is 62.6 Å². The molecule has 0 aliphatic carbocycles. The highest BCUT2D eigenvalue weighted by molar-refractivity contribution is 6.00. The van der Waals surface area contributed by atoms with Gasteiger partial charge in [-0.1, -0.05) is 54.6 Å². The van der Waals surface area contributed by atoms with Gasteiger partial charge in [0.05, 0.1) is 63.7 Å². The minimum atomic E-state index is 0.486. The average Bonchev–Trinajstić information content (AvgIpc) is 3.09. The van der Waals surface area contributed by atoms with E-state index in [9.17, 15) is 5.26 Å². The second-order valence-electron chi connectivity index (χ2n) is 10.6. The Morgan fingerprint density at radius 1 is 0.523 bits per heavy atom. The Bertz CT molecular complexity index is 1940. The second kappa shape index (κ2) is 10.1. The first-order valence-corrected chi connectivity index (χ1v) is 14.3. The van der Waals surface area contributed by atoms with Gasteiger partial charge in [0.1, 0.15) is 0 Å². The number of para-hydroxylation sites is 8. The van der Waals surface area contributed by atoms with Gasteiger partial charge in [-0.15, -0.1) is 0 Å². The summed E-state index contributed by atoms with van der Waals surface area (Å²) in [5, 5.41) is 17.4. The predicted molar refractivity (Wildman–Crippen MR) is 179 cm³/mol. The molecule has 0 unspecified atom stereocenters. The van der Waals surface area contributed by atoms with Gasteiger partial charge in [-0.05, 0) is 90.0 Å². The van der Waals surface area contributed by atoms with Crippen LogP contribution in [-0.4, -0.2) is 0 Å². The van der Waals surface area contributed by atoms with Crippen molar-refractivity contribution in [1.82, 2.24) is 0 Å². The van der Waals surface area contributed by atoms with Crippen molar-refractivity contribution in [2.45, 2.75) is 0 Å². The summed E-state index contributed by atoms with van der Waals surface area (Å²) in [4.78, 5) is 8.31. The number of nitrogens with zero attached hydrogens (tertiary/aromatic N) is 4. The van der Waals surface area contributed by atoms with E-state index in [-0.39, 0.29) is 0 Å². The van der Waals surface area contributed by atoms with Crippen molar-refractivity contribution in [2.75, 3.05) is 20.4 Å². The van der Waals surface area contributed by atoms with Gasteiger partial charge in [0, 0.05) is 11.4 Å². The number of nitrogens with one attached hydrogen (secondary N) is 2. The first kappa shape index (κ1) is 25.2. The Balaban J connectivity index is 1.33. The Labute approximate surface area is 255 Å². The molecule has 0 atom stereocenters. The van der Waals surface area contributed by atoms with Gasteiger partial charge in [0.25, 0.3) is 0 Å². The molecule has 2 aliphatic heterocycles. The molecule has 0 aromatic heterocycles. The molecule has 0 bridgehead atoms. The SMILES string of the molecule is [C-]#[N+]c1ccc(N2c3ccccc3Nc3ccccc32)cc1-c1cc(N2c3ccccc3Nc3ccccc32)ccc1C#N. The van der Waals surface area contributed by atoms with E-state index in [2.05, 4.69) is 79.9 Å². The lowest BCUT2D eigenvalue weighted by Gasteiger charge is -2.34. The highest BCUT2D eigenvalue weighted by Gasteiger charge is 2.27. The quantitative estimate of drug-likeness (QED) is 0.209. The summed E-state index contributed by atoms with van der Waals surface area (Å²) in [6.07, 6.45) is 0. The Kier molecular flexibility index (Phi) is 5.79. The third-order valence-electron chi connectivity index (χ3n) is 8.15. The number of anilines is 10. The smallest absolute Gasteiger partial charge is 0.195 e. The van der Waals surface area contributed by atoms with Gasteiger partial charge >= 0.3 is 0 Å². The molecular formula is C38H24N6. The monoisotopic (exact) mass is 564 g/mol. The van der Waals surface area contributed by atoms with Crippen molar-refractivity contribution < 1.29 is 0 Å². The number of hydrogen-bond acceptors (Lipinski definition) is 5. The molecule has 6 aromatic rings. The van der Waals surface area contributed by atoms with Crippen molar-refractivity contribution in [2.24, 2.45) is 0 Å². The summed E-state index contributed by atoms with van der Waals surface area (Å²) >= 11 is 0. The summed E-state index contributed by atoms with van der Waals surface area (Å²) in [6, 6.07) is 46.9. The number of hydrogen-bond donors (Lipinski definition) is 2. The molecule has 6 nitrogen and oxygen atoms in total. The standard InChI is InChI=1S/C38H24N6/c1-40-30-21-20-27(44-37-16-8-4-12-33(37)42-34-13-5-9-17-38(34)44)23-29(30)28-22-26(19-18-25(28)24-39)43-35-14-6-2-10-31(35)41-32-11-3-7-15-36(32)43/h2-23,41-42H. The van der Waals surface area contributed by atoms with Gasteiger partial charge in [-0.2, -0.15) is 5.26 Å². The first-order valence-electron chi connectivity index (χ1n) is 14.3. The van der Waals surface area contributed by atoms with Crippen LogP contribution in [0.2, 0.25) is 0 Å². The maximum absolute atomic E-state index is 10.3. The Hall–Kier alpha value is -6.50. The van der Waals surface area contributed by atoms with E-state index in [0.717, 1.165) is 56.9 Å². The van der Waals surface area contributed by atoms with E-state index in [1.54, 1.807) is 0 Å². The molecule has 0 radical (unpaired) electrons. The molecule has 6 aromatic carbocycles. The van der Waals surface area contributed by atoms with E-state index in [4.69, 9.17) is 6.57 Å². The number of benzene rings is 6. The van der Waals surface area contributed by atoms with Crippen LogP contribution in [0.1, 0.15) is 5.56 Å². The maximum atomic E-state index is 10.3. The highest BCUT2D eigenvalue weighted by atomic mass is 15.2. The van der Waals surface area contributed by atoms with Crippen LogP contribution in [-0.2, 0) is 0 Å². The topological polar surface area (TPSA) is 58.7 Å². The molecule has 0 spiro atoms. The van der Waals surface area contributed by atoms with Crippen molar-refractivity contribution in [3.05, 3.63) is 150 Å². The van der Waals surface area contributed by atoms with Gasteiger partial charge in [0.2, 0.25) is 0 Å². The molecular weight excluding hydrogens is 540 g/mol. The molecule has 2 N–H and O–H groups in total. The van der Waals surface area contributed by atoms with E-state index in [1.165, 1.54) is 0 Å². The summed E-state index contributed by atoms with van der Waals surface area (Å²) < 4.78 is 0. The Morgan fingerprint density at radius 3 is 1.36 bits per heavy atom. The summed E-state index contributed by atoms with van der Waals surface area (Å²) in [5.74, 6) is 0. The fraction of sp³-hybridized carbons (Fsp3) is 0. The molecule has 6 heteroatoms. The zero-order valence-electron chi connectivity index (χ0n) is 23.5. The lowest BCUT2D eigenvalue weighted by molar-refractivity contribution is 1.25. The summed E-state index contributed by atoms with van der Waals surface area (Å²) in [6.45, 7) is 8.05. The number of fused-ring (bicyclic) bond motifs is 4. The van der Waals surface area contributed by atoms with Crippen molar-refractivity contribution in [3.8, 4) is 17.2 Å². The van der Waals surface area contributed by atoms with Crippen LogP contribution >= 0.6 is 0 Å². The van der Waals surface area contributed by atoms with Crippen molar-refractivity contribution in [1.29, 1.82) is 5.26 Å². The van der Waals surface area contributed by atoms with Crippen LogP contribution in [0.3, 0.4) is 0 Å². The zero-order chi connectivity index (χ0) is 29.6. The number of rotatable bonds is 3. The van der Waals surface area contributed by atoms with Crippen LogP contribution in [0.15, 0.2) is 133 Å². The third-order valence-corrected chi connectivity index (χ3v) is 8.15. The molecule has 2 heterocycles. The van der Waals surface area contributed by atoms with E-state index < -0.39 is 0 Å².